The first kappa shape index (κ1) is 19.1. The number of aliphatic hydroxyl groups is 1. The van der Waals surface area contributed by atoms with Gasteiger partial charge < -0.3 is 20.7 Å². The van der Waals surface area contributed by atoms with Crippen LogP contribution in [0.4, 0.5) is 5.69 Å². The molecule has 1 aromatic carbocycles. The summed E-state index contributed by atoms with van der Waals surface area (Å²) >= 11 is 0. The van der Waals surface area contributed by atoms with E-state index in [0.29, 0.717) is 29.3 Å². The smallest absolute Gasteiger partial charge is 0.258 e. The standard InChI is InChI=1S/C20H25N3O4/c21-17(24)13-23-11-8-14-15(19(23)26)6-5-7-16(14)22-18(25)12-20(27)9-3-1-2-4-10-20/h5-8,11,27H,1-4,9-10,12-13H2,(H2,21,24)(H,22,25). The van der Waals surface area contributed by atoms with Gasteiger partial charge >= 0.3 is 0 Å². The Kier molecular flexibility index (Phi) is 5.60. The molecule has 7 heteroatoms. The number of aromatic nitrogens is 1. The highest BCUT2D eigenvalue weighted by Crippen LogP contribution is 2.30. The maximum absolute atomic E-state index is 12.5. The summed E-state index contributed by atoms with van der Waals surface area (Å²) in [6.45, 7) is -0.196. The van der Waals surface area contributed by atoms with Gasteiger partial charge in [0.25, 0.3) is 5.56 Å². The molecule has 2 aromatic rings. The molecule has 3 rings (SSSR count). The molecule has 27 heavy (non-hydrogen) atoms. The zero-order valence-corrected chi connectivity index (χ0v) is 15.2. The lowest BCUT2D eigenvalue weighted by Crippen LogP contribution is -2.33. The van der Waals surface area contributed by atoms with Gasteiger partial charge in [-0.15, -0.1) is 0 Å². The minimum absolute atomic E-state index is 0.0438. The number of primary amides is 1. The molecule has 0 unspecified atom stereocenters. The van der Waals surface area contributed by atoms with Crippen molar-refractivity contribution in [1.29, 1.82) is 0 Å². The number of carbonyl (C=O) groups is 2. The number of hydrogen-bond donors (Lipinski definition) is 3. The van der Waals surface area contributed by atoms with E-state index in [2.05, 4.69) is 5.32 Å². The lowest BCUT2D eigenvalue weighted by Gasteiger charge is -2.26. The van der Waals surface area contributed by atoms with Gasteiger partial charge in [0, 0.05) is 22.7 Å². The van der Waals surface area contributed by atoms with Crippen molar-refractivity contribution in [3.05, 3.63) is 40.8 Å². The summed E-state index contributed by atoms with van der Waals surface area (Å²) < 4.78 is 1.24. The second kappa shape index (κ2) is 7.92. The van der Waals surface area contributed by atoms with Crippen molar-refractivity contribution in [3.63, 3.8) is 0 Å². The van der Waals surface area contributed by atoms with Crippen molar-refractivity contribution in [1.82, 2.24) is 4.57 Å². The van der Waals surface area contributed by atoms with E-state index in [4.69, 9.17) is 5.73 Å². The number of benzene rings is 1. The van der Waals surface area contributed by atoms with Gasteiger partial charge in [-0.2, -0.15) is 0 Å². The summed E-state index contributed by atoms with van der Waals surface area (Å²) in [5.41, 5.74) is 4.38. The molecule has 1 aliphatic carbocycles. The molecule has 1 aliphatic rings. The van der Waals surface area contributed by atoms with Gasteiger partial charge in [0.15, 0.2) is 0 Å². The van der Waals surface area contributed by atoms with Crippen LogP contribution < -0.4 is 16.6 Å². The maximum Gasteiger partial charge on any atom is 0.258 e. The average molecular weight is 371 g/mol. The summed E-state index contributed by atoms with van der Waals surface area (Å²) in [6.07, 6.45) is 6.83. The van der Waals surface area contributed by atoms with Crippen LogP contribution >= 0.6 is 0 Å². The lowest BCUT2D eigenvalue weighted by atomic mass is 9.90. The molecule has 7 nitrogen and oxygen atoms in total. The van der Waals surface area contributed by atoms with Crippen LogP contribution in [0.5, 0.6) is 0 Å². The number of amides is 2. The highest BCUT2D eigenvalue weighted by Gasteiger charge is 2.30. The Balaban J connectivity index is 1.82. The number of nitrogens with one attached hydrogen (secondary N) is 1. The van der Waals surface area contributed by atoms with Crippen LogP contribution in [-0.2, 0) is 16.1 Å². The largest absolute Gasteiger partial charge is 0.389 e. The number of hydrogen-bond acceptors (Lipinski definition) is 4. The van der Waals surface area contributed by atoms with E-state index in [1.54, 1.807) is 24.3 Å². The number of anilines is 1. The minimum Gasteiger partial charge on any atom is -0.389 e. The van der Waals surface area contributed by atoms with Crippen molar-refractivity contribution in [2.24, 2.45) is 5.73 Å². The number of rotatable bonds is 5. The number of fused-ring (bicyclic) bond motifs is 1. The van der Waals surface area contributed by atoms with Crippen molar-refractivity contribution < 1.29 is 14.7 Å². The molecule has 4 N–H and O–H groups in total. The van der Waals surface area contributed by atoms with Crippen molar-refractivity contribution in [3.8, 4) is 0 Å². The van der Waals surface area contributed by atoms with E-state index in [0.717, 1.165) is 25.7 Å². The fraction of sp³-hybridized carbons (Fsp3) is 0.450. The summed E-state index contributed by atoms with van der Waals surface area (Å²) in [6, 6.07) is 6.71. The summed E-state index contributed by atoms with van der Waals surface area (Å²) in [5.74, 6) is -0.870. The molecule has 1 fully saturated rings. The van der Waals surface area contributed by atoms with Gasteiger partial charge in [-0.3, -0.25) is 14.4 Å². The topological polar surface area (TPSA) is 114 Å². The lowest BCUT2D eigenvalue weighted by molar-refractivity contribution is -0.121. The van der Waals surface area contributed by atoms with Gasteiger partial charge in [-0.1, -0.05) is 31.7 Å². The van der Waals surface area contributed by atoms with Crippen molar-refractivity contribution >= 4 is 28.3 Å². The van der Waals surface area contributed by atoms with Crippen molar-refractivity contribution in [2.45, 2.75) is 57.1 Å². The molecule has 0 spiro atoms. The Morgan fingerprint density at radius 2 is 1.81 bits per heavy atom. The Bertz CT molecular complexity index is 911. The minimum atomic E-state index is -0.959. The maximum atomic E-state index is 12.5. The first-order valence-corrected chi connectivity index (χ1v) is 9.31. The average Bonchev–Trinajstić information content (AvgIpc) is 2.82. The van der Waals surface area contributed by atoms with Gasteiger partial charge in [0.1, 0.15) is 6.54 Å². The molecule has 0 atom stereocenters. The molecule has 0 saturated heterocycles. The normalized spacial score (nSPS) is 16.6. The molecular weight excluding hydrogens is 346 g/mol. The third kappa shape index (κ3) is 4.54. The second-order valence-electron chi connectivity index (χ2n) is 7.35. The van der Waals surface area contributed by atoms with Gasteiger partial charge in [0.05, 0.1) is 12.0 Å². The molecule has 1 saturated carbocycles. The Labute approximate surface area is 157 Å². The number of pyridine rings is 1. The zero-order chi connectivity index (χ0) is 19.4. The third-order valence-electron chi connectivity index (χ3n) is 5.14. The van der Waals surface area contributed by atoms with Crippen LogP contribution in [0.3, 0.4) is 0 Å². The Morgan fingerprint density at radius 1 is 1.11 bits per heavy atom. The predicted octanol–water partition coefficient (Wildman–Crippen LogP) is 1.90. The molecule has 0 radical (unpaired) electrons. The SMILES string of the molecule is NC(=O)Cn1ccc2c(NC(=O)CC3(O)CCCCCC3)cccc2c1=O. The van der Waals surface area contributed by atoms with Crippen LogP contribution in [0, 0.1) is 0 Å². The quantitative estimate of drug-likeness (QED) is 0.696. The van der Waals surface area contributed by atoms with Crippen LogP contribution in [0.2, 0.25) is 0 Å². The summed E-state index contributed by atoms with van der Waals surface area (Å²) in [4.78, 5) is 36.1. The molecule has 1 heterocycles. The van der Waals surface area contributed by atoms with E-state index >= 15 is 0 Å². The predicted molar refractivity (Wildman–Crippen MR) is 103 cm³/mol. The van der Waals surface area contributed by atoms with Crippen molar-refractivity contribution in [2.75, 3.05) is 5.32 Å². The Hall–Kier alpha value is -2.67. The number of nitrogens with zero attached hydrogens (tertiary/aromatic N) is 1. The highest BCUT2D eigenvalue weighted by molar-refractivity contribution is 6.02. The van der Waals surface area contributed by atoms with E-state index < -0.39 is 11.5 Å². The fourth-order valence-electron chi connectivity index (χ4n) is 3.78. The third-order valence-corrected chi connectivity index (χ3v) is 5.14. The zero-order valence-electron chi connectivity index (χ0n) is 15.2. The van der Waals surface area contributed by atoms with Gasteiger partial charge in [-0.05, 0) is 31.0 Å². The Morgan fingerprint density at radius 3 is 2.48 bits per heavy atom. The van der Waals surface area contributed by atoms with Crippen LogP contribution in [0.15, 0.2) is 35.3 Å². The van der Waals surface area contributed by atoms with E-state index in [9.17, 15) is 19.5 Å². The highest BCUT2D eigenvalue weighted by atomic mass is 16.3. The van der Waals surface area contributed by atoms with Crippen LogP contribution in [-0.4, -0.2) is 27.1 Å². The summed E-state index contributed by atoms with van der Waals surface area (Å²) in [7, 11) is 0. The molecule has 2 amide bonds. The number of nitrogens with two attached hydrogens (primary N) is 1. The molecular formula is C20H25N3O4. The molecule has 1 aromatic heterocycles. The second-order valence-corrected chi connectivity index (χ2v) is 7.35. The molecule has 0 bridgehead atoms. The first-order valence-electron chi connectivity index (χ1n) is 9.31. The fourth-order valence-corrected chi connectivity index (χ4v) is 3.78. The van der Waals surface area contributed by atoms with Crippen LogP contribution in [0.25, 0.3) is 10.8 Å². The number of carbonyl (C=O) groups excluding carboxylic acids is 2. The van der Waals surface area contributed by atoms with E-state index in [1.807, 2.05) is 0 Å². The molecule has 144 valence electrons. The van der Waals surface area contributed by atoms with E-state index in [-0.39, 0.29) is 24.4 Å². The monoisotopic (exact) mass is 371 g/mol. The van der Waals surface area contributed by atoms with Crippen LogP contribution in [0.1, 0.15) is 44.9 Å². The first-order chi connectivity index (χ1) is 12.9. The summed E-state index contributed by atoms with van der Waals surface area (Å²) in [5, 5.41) is 14.5. The van der Waals surface area contributed by atoms with Gasteiger partial charge in [-0.25, -0.2) is 0 Å². The van der Waals surface area contributed by atoms with E-state index in [1.165, 1.54) is 10.8 Å². The molecule has 0 aliphatic heterocycles. The van der Waals surface area contributed by atoms with Gasteiger partial charge in [0.2, 0.25) is 11.8 Å².